The van der Waals surface area contributed by atoms with E-state index in [2.05, 4.69) is 12.2 Å². The lowest BCUT2D eigenvalue weighted by Crippen LogP contribution is -2.56. The molecule has 4 nitrogen and oxygen atoms in total. The van der Waals surface area contributed by atoms with Crippen LogP contribution in [0.1, 0.15) is 47.0 Å². The molecule has 2 fully saturated rings. The van der Waals surface area contributed by atoms with Gasteiger partial charge in [0.25, 0.3) is 0 Å². The first-order valence-electron chi connectivity index (χ1n) is 7.09. The third-order valence-electron chi connectivity index (χ3n) is 3.85. The normalized spacial score (nSPS) is 32.9. The molecule has 3 unspecified atom stereocenters. The molecule has 0 radical (unpaired) electrons. The molecule has 1 amide bonds. The highest BCUT2D eigenvalue weighted by molar-refractivity contribution is 5.68. The molecule has 0 aromatic carbocycles. The third-order valence-corrected chi connectivity index (χ3v) is 3.85. The Balaban J connectivity index is 1.89. The van der Waals surface area contributed by atoms with Crippen LogP contribution in [0.3, 0.4) is 0 Å². The molecule has 2 saturated heterocycles. The van der Waals surface area contributed by atoms with Crippen LogP contribution in [-0.4, -0.2) is 41.8 Å². The van der Waals surface area contributed by atoms with Gasteiger partial charge in [-0.3, -0.25) is 0 Å². The highest BCUT2D eigenvalue weighted by Crippen LogP contribution is 2.27. The first-order chi connectivity index (χ1) is 8.35. The van der Waals surface area contributed by atoms with Crippen molar-refractivity contribution >= 4 is 6.09 Å². The van der Waals surface area contributed by atoms with E-state index in [0.717, 1.165) is 19.5 Å². The van der Waals surface area contributed by atoms with E-state index in [9.17, 15) is 4.79 Å². The van der Waals surface area contributed by atoms with Gasteiger partial charge in [0.15, 0.2) is 0 Å². The average molecular weight is 254 g/mol. The predicted octanol–water partition coefficient (Wildman–Crippen LogP) is 2.38. The van der Waals surface area contributed by atoms with Crippen LogP contribution in [-0.2, 0) is 4.74 Å². The molecule has 0 saturated carbocycles. The Morgan fingerprint density at radius 3 is 2.67 bits per heavy atom. The smallest absolute Gasteiger partial charge is 0.410 e. The molecule has 0 aromatic rings. The first kappa shape index (κ1) is 13.7. The van der Waals surface area contributed by atoms with Crippen LogP contribution < -0.4 is 5.32 Å². The monoisotopic (exact) mass is 254 g/mol. The number of hydrogen-bond donors (Lipinski definition) is 1. The molecule has 0 aromatic heterocycles. The number of rotatable bonds is 0. The molecular weight excluding hydrogens is 228 g/mol. The van der Waals surface area contributed by atoms with Crippen molar-refractivity contribution in [1.29, 1.82) is 0 Å². The third kappa shape index (κ3) is 3.37. The van der Waals surface area contributed by atoms with Crippen LogP contribution in [0.5, 0.6) is 0 Å². The number of ether oxygens (including phenoxy) is 1. The molecule has 4 heteroatoms. The Bertz CT molecular complexity index is 311. The average Bonchev–Trinajstić information content (AvgIpc) is 2.26. The van der Waals surface area contributed by atoms with Crippen LogP contribution in [0.15, 0.2) is 0 Å². The molecule has 2 aliphatic heterocycles. The van der Waals surface area contributed by atoms with Gasteiger partial charge in [0, 0.05) is 25.2 Å². The summed E-state index contributed by atoms with van der Waals surface area (Å²) in [6.07, 6.45) is 3.33. The summed E-state index contributed by atoms with van der Waals surface area (Å²) in [7, 11) is 0. The standard InChI is InChI=1S/C14H26N2O2/c1-10-5-6-11-9-16(8-7-12(11)15-10)13(17)18-14(2,3)4/h10-12,15H,5-9H2,1-4H3. The highest BCUT2D eigenvalue weighted by Gasteiger charge is 2.36. The van der Waals surface area contributed by atoms with Gasteiger partial charge < -0.3 is 15.0 Å². The zero-order valence-electron chi connectivity index (χ0n) is 12.0. The molecule has 2 rings (SSSR count). The van der Waals surface area contributed by atoms with Crippen LogP contribution in [0.4, 0.5) is 4.79 Å². The molecule has 0 aliphatic carbocycles. The fourth-order valence-corrected chi connectivity index (χ4v) is 2.95. The summed E-state index contributed by atoms with van der Waals surface area (Å²) in [5.41, 5.74) is -0.396. The van der Waals surface area contributed by atoms with Gasteiger partial charge in [0.05, 0.1) is 0 Å². The summed E-state index contributed by atoms with van der Waals surface area (Å²) >= 11 is 0. The lowest BCUT2D eigenvalue weighted by molar-refractivity contribution is 0.00915. The fraction of sp³-hybridized carbons (Fsp3) is 0.929. The van der Waals surface area contributed by atoms with Gasteiger partial charge in [-0.15, -0.1) is 0 Å². The SMILES string of the molecule is CC1CCC2CN(C(=O)OC(C)(C)C)CCC2N1. The van der Waals surface area contributed by atoms with Crippen molar-refractivity contribution in [2.45, 2.75) is 64.6 Å². The number of amides is 1. The number of likely N-dealkylation sites (tertiary alicyclic amines) is 1. The van der Waals surface area contributed by atoms with Crippen LogP contribution in [0.25, 0.3) is 0 Å². The van der Waals surface area contributed by atoms with Gasteiger partial charge in [-0.2, -0.15) is 0 Å². The summed E-state index contributed by atoms with van der Waals surface area (Å²) in [6.45, 7) is 9.66. The maximum Gasteiger partial charge on any atom is 0.410 e. The van der Waals surface area contributed by atoms with E-state index in [1.54, 1.807) is 0 Å². The molecule has 3 atom stereocenters. The molecule has 2 heterocycles. The summed E-state index contributed by atoms with van der Waals surface area (Å²) in [5, 5.41) is 3.65. The topological polar surface area (TPSA) is 41.6 Å². The van der Waals surface area contributed by atoms with Crippen molar-refractivity contribution in [3.63, 3.8) is 0 Å². The van der Waals surface area contributed by atoms with Gasteiger partial charge in [-0.25, -0.2) is 4.79 Å². The minimum atomic E-state index is -0.396. The largest absolute Gasteiger partial charge is 0.444 e. The Morgan fingerprint density at radius 1 is 1.28 bits per heavy atom. The molecule has 104 valence electrons. The second kappa shape index (κ2) is 5.08. The lowest BCUT2D eigenvalue weighted by atomic mass is 9.83. The first-order valence-corrected chi connectivity index (χ1v) is 7.09. The van der Waals surface area contributed by atoms with Gasteiger partial charge in [0.1, 0.15) is 5.60 Å². The Hall–Kier alpha value is -0.770. The second-order valence-electron chi connectivity index (χ2n) is 6.73. The van der Waals surface area contributed by atoms with Crippen molar-refractivity contribution in [3.8, 4) is 0 Å². The lowest BCUT2D eigenvalue weighted by Gasteiger charge is -2.43. The number of nitrogens with one attached hydrogen (secondary N) is 1. The number of fused-ring (bicyclic) bond motifs is 1. The van der Waals surface area contributed by atoms with Crippen molar-refractivity contribution in [2.75, 3.05) is 13.1 Å². The van der Waals surface area contributed by atoms with Crippen molar-refractivity contribution in [3.05, 3.63) is 0 Å². The van der Waals surface area contributed by atoms with Gasteiger partial charge in [-0.05, 0) is 52.9 Å². The Kier molecular flexibility index (Phi) is 3.85. The molecule has 0 spiro atoms. The zero-order valence-corrected chi connectivity index (χ0v) is 12.0. The Labute approximate surface area is 110 Å². The van der Waals surface area contributed by atoms with E-state index in [4.69, 9.17) is 4.74 Å². The number of carbonyl (C=O) groups excluding carboxylic acids is 1. The number of piperidine rings is 2. The maximum absolute atomic E-state index is 12.0. The number of carbonyl (C=O) groups is 1. The minimum absolute atomic E-state index is 0.153. The summed E-state index contributed by atoms with van der Waals surface area (Å²) in [5.74, 6) is 0.600. The van der Waals surface area contributed by atoms with E-state index in [-0.39, 0.29) is 6.09 Å². The predicted molar refractivity (Wildman–Crippen MR) is 71.5 cm³/mol. The van der Waals surface area contributed by atoms with Crippen LogP contribution in [0, 0.1) is 5.92 Å². The maximum atomic E-state index is 12.0. The van der Waals surface area contributed by atoms with E-state index >= 15 is 0 Å². The van der Waals surface area contributed by atoms with Crippen LogP contribution >= 0.6 is 0 Å². The fourth-order valence-electron chi connectivity index (χ4n) is 2.95. The second-order valence-corrected chi connectivity index (χ2v) is 6.73. The summed E-state index contributed by atoms with van der Waals surface area (Å²) in [4.78, 5) is 13.9. The summed E-state index contributed by atoms with van der Waals surface area (Å²) in [6, 6.07) is 1.21. The highest BCUT2D eigenvalue weighted by atomic mass is 16.6. The van der Waals surface area contributed by atoms with E-state index in [0.29, 0.717) is 18.0 Å². The zero-order chi connectivity index (χ0) is 13.3. The van der Waals surface area contributed by atoms with Gasteiger partial charge >= 0.3 is 6.09 Å². The molecule has 18 heavy (non-hydrogen) atoms. The van der Waals surface area contributed by atoms with Gasteiger partial charge in [0.2, 0.25) is 0 Å². The Morgan fingerprint density at radius 2 is 2.00 bits per heavy atom. The molecule has 1 N–H and O–H groups in total. The molecule has 0 bridgehead atoms. The van der Waals surface area contributed by atoms with Crippen LogP contribution in [0.2, 0.25) is 0 Å². The van der Waals surface area contributed by atoms with Crippen molar-refractivity contribution < 1.29 is 9.53 Å². The number of hydrogen-bond acceptors (Lipinski definition) is 3. The van der Waals surface area contributed by atoms with Crippen molar-refractivity contribution in [1.82, 2.24) is 10.2 Å². The molecular formula is C14H26N2O2. The van der Waals surface area contributed by atoms with Crippen molar-refractivity contribution in [2.24, 2.45) is 5.92 Å². The minimum Gasteiger partial charge on any atom is -0.444 e. The van der Waals surface area contributed by atoms with E-state index in [1.807, 2.05) is 25.7 Å². The molecule has 2 aliphatic rings. The quantitative estimate of drug-likeness (QED) is 0.721. The van der Waals surface area contributed by atoms with Gasteiger partial charge in [-0.1, -0.05) is 0 Å². The number of nitrogens with zero attached hydrogens (tertiary/aromatic N) is 1. The summed E-state index contributed by atoms with van der Waals surface area (Å²) < 4.78 is 5.44. The van der Waals surface area contributed by atoms with E-state index < -0.39 is 5.60 Å². The van der Waals surface area contributed by atoms with E-state index in [1.165, 1.54) is 12.8 Å².